The van der Waals surface area contributed by atoms with Crippen LogP contribution >= 0.6 is 0 Å². The lowest BCUT2D eigenvalue weighted by atomic mass is 10.1. The molecule has 0 radical (unpaired) electrons. The van der Waals surface area contributed by atoms with E-state index in [1.54, 1.807) is 0 Å². The van der Waals surface area contributed by atoms with Crippen LogP contribution in [0.2, 0.25) is 0 Å². The molecule has 150 valence electrons. The number of rotatable bonds is 7. The summed E-state index contributed by atoms with van der Waals surface area (Å²) in [6.07, 6.45) is 4.94. The van der Waals surface area contributed by atoms with Crippen molar-refractivity contribution in [1.29, 1.82) is 0 Å². The number of guanidine groups is 1. The van der Waals surface area contributed by atoms with Crippen LogP contribution in [0.5, 0.6) is 5.75 Å². The molecule has 2 aliphatic rings. The van der Waals surface area contributed by atoms with Crippen molar-refractivity contribution in [2.24, 2.45) is 10.9 Å². The first-order valence-corrected chi connectivity index (χ1v) is 10.8. The molecule has 1 N–H and O–H groups in total. The molecule has 27 heavy (non-hydrogen) atoms. The highest BCUT2D eigenvalue weighted by Gasteiger charge is 2.24. The number of hydrogen-bond donors (Lipinski definition) is 1. The third-order valence-corrected chi connectivity index (χ3v) is 5.53. The molecule has 2 fully saturated rings. The summed E-state index contributed by atoms with van der Waals surface area (Å²) in [6.45, 7) is 12.0. The van der Waals surface area contributed by atoms with Crippen molar-refractivity contribution < 1.29 is 4.74 Å². The third kappa shape index (κ3) is 6.13. The van der Waals surface area contributed by atoms with Gasteiger partial charge in [-0.3, -0.25) is 4.99 Å². The number of nitrogens with one attached hydrogen (secondary N) is 1. The normalized spacial score (nSPS) is 22.2. The van der Waals surface area contributed by atoms with E-state index in [4.69, 9.17) is 9.73 Å². The largest absolute Gasteiger partial charge is 0.490 e. The molecule has 0 aromatic heterocycles. The van der Waals surface area contributed by atoms with Crippen LogP contribution in [0.3, 0.4) is 0 Å². The lowest BCUT2D eigenvalue weighted by molar-refractivity contribution is 0.129. The summed E-state index contributed by atoms with van der Waals surface area (Å²) in [4.78, 5) is 9.98. The zero-order valence-electron chi connectivity index (χ0n) is 17.1. The quantitative estimate of drug-likeness (QED) is 0.589. The molecule has 1 aromatic rings. The highest BCUT2D eigenvalue weighted by molar-refractivity contribution is 5.80. The van der Waals surface area contributed by atoms with E-state index < -0.39 is 0 Å². The molecule has 2 saturated heterocycles. The van der Waals surface area contributed by atoms with E-state index in [1.807, 2.05) is 30.3 Å². The van der Waals surface area contributed by atoms with Gasteiger partial charge < -0.3 is 19.9 Å². The SMILES string of the molecule is CCCN1CCC(CN=C(NCC)N2CCC(Oc3ccccc3)CC2)C1. The Labute approximate surface area is 164 Å². The van der Waals surface area contributed by atoms with Crippen LogP contribution in [-0.4, -0.2) is 67.7 Å². The lowest BCUT2D eigenvalue weighted by Gasteiger charge is -2.34. The number of para-hydroxylation sites is 1. The second kappa shape index (κ2) is 10.5. The molecule has 0 saturated carbocycles. The molecule has 1 atom stereocenters. The molecule has 2 heterocycles. The summed E-state index contributed by atoms with van der Waals surface area (Å²) >= 11 is 0. The van der Waals surface area contributed by atoms with Crippen molar-refractivity contribution in [2.45, 2.75) is 45.6 Å². The molecular formula is C22H36N4O. The van der Waals surface area contributed by atoms with Gasteiger partial charge in [-0.2, -0.15) is 0 Å². The number of benzene rings is 1. The van der Waals surface area contributed by atoms with Gasteiger partial charge in [0.2, 0.25) is 0 Å². The van der Waals surface area contributed by atoms with Crippen LogP contribution in [0.25, 0.3) is 0 Å². The number of ether oxygens (including phenoxy) is 1. The van der Waals surface area contributed by atoms with Gasteiger partial charge in [-0.05, 0) is 50.9 Å². The Morgan fingerprint density at radius 1 is 1.11 bits per heavy atom. The summed E-state index contributed by atoms with van der Waals surface area (Å²) in [5.74, 6) is 2.78. The molecule has 5 heteroatoms. The Balaban J connectivity index is 1.47. The maximum absolute atomic E-state index is 6.13. The number of hydrogen-bond acceptors (Lipinski definition) is 3. The Morgan fingerprint density at radius 3 is 2.59 bits per heavy atom. The van der Waals surface area contributed by atoms with Gasteiger partial charge in [0, 0.05) is 45.6 Å². The van der Waals surface area contributed by atoms with Crippen LogP contribution in [0.1, 0.15) is 39.5 Å². The monoisotopic (exact) mass is 372 g/mol. The number of aliphatic imine (C=N–C) groups is 1. The molecule has 0 amide bonds. The zero-order valence-corrected chi connectivity index (χ0v) is 17.1. The van der Waals surface area contributed by atoms with Gasteiger partial charge in [0.1, 0.15) is 11.9 Å². The van der Waals surface area contributed by atoms with Gasteiger partial charge in [0.05, 0.1) is 0 Å². The standard InChI is InChI=1S/C22H36N4O/c1-3-13-25-14-10-19(18-25)17-24-22(23-4-2)26-15-11-21(12-16-26)27-20-8-6-5-7-9-20/h5-9,19,21H,3-4,10-18H2,1-2H3,(H,23,24). The van der Waals surface area contributed by atoms with E-state index in [-0.39, 0.29) is 0 Å². The average Bonchev–Trinajstić information content (AvgIpc) is 3.14. The van der Waals surface area contributed by atoms with Gasteiger partial charge in [-0.1, -0.05) is 25.1 Å². The van der Waals surface area contributed by atoms with Crippen LogP contribution < -0.4 is 10.1 Å². The van der Waals surface area contributed by atoms with Crippen LogP contribution in [0.4, 0.5) is 0 Å². The predicted molar refractivity (Wildman–Crippen MR) is 112 cm³/mol. The van der Waals surface area contributed by atoms with Crippen LogP contribution in [0, 0.1) is 5.92 Å². The average molecular weight is 373 g/mol. The molecule has 1 unspecified atom stereocenters. The molecule has 2 aliphatic heterocycles. The Bertz CT molecular complexity index is 569. The highest BCUT2D eigenvalue weighted by Crippen LogP contribution is 2.20. The van der Waals surface area contributed by atoms with Crippen molar-refractivity contribution in [3.05, 3.63) is 30.3 Å². The lowest BCUT2D eigenvalue weighted by Crippen LogP contribution is -2.47. The molecule has 3 rings (SSSR count). The molecule has 1 aromatic carbocycles. The Morgan fingerprint density at radius 2 is 1.89 bits per heavy atom. The fraction of sp³-hybridized carbons (Fsp3) is 0.682. The smallest absolute Gasteiger partial charge is 0.193 e. The van der Waals surface area contributed by atoms with E-state index in [0.717, 1.165) is 50.7 Å². The number of nitrogens with zero attached hydrogens (tertiary/aromatic N) is 3. The third-order valence-electron chi connectivity index (χ3n) is 5.53. The first kappa shape index (κ1) is 20.0. The topological polar surface area (TPSA) is 40.1 Å². The van der Waals surface area contributed by atoms with Crippen molar-refractivity contribution in [1.82, 2.24) is 15.1 Å². The predicted octanol–water partition coefficient (Wildman–Crippen LogP) is 3.23. The van der Waals surface area contributed by atoms with E-state index in [9.17, 15) is 0 Å². The van der Waals surface area contributed by atoms with E-state index in [1.165, 1.54) is 32.5 Å². The van der Waals surface area contributed by atoms with Crippen LogP contribution in [0.15, 0.2) is 35.3 Å². The Kier molecular flexibility index (Phi) is 7.81. The van der Waals surface area contributed by atoms with Crippen molar-refractivity contribution in [3.63, 3.8) is 0 Å². The molecule has 0 spiro atoms. The van der Waals surface area contributed by atoms with Gasteiger partial charge in [0.25, 0.3) is 0 Å². The fourth-order valence-electron chi connectivity index (χ4n) is 4.10. The second-order valence-electron chi connectivity index (χ2n) is 7.77. The van der Waals surface area contributed by atoms with E-state index in [0.29, 0.717) is 12.0 Å². The number of likely N-dealkylation sites (tertiary alicyclic amines) is 2. The fourth-order valence-corrected chi connectivity index (χ4v) is 4.10. The summed E-state index contributed by atoms with van der Waals surface area (Å²) in [6, 6.07) is 10.2. The number of piperidine rings is 1. The van der Waals surface area contributed by atoms with Gasteiger partial charge >= 0.3 is 0 Å². The van der Waals surface area contributed by atoms with Gasteiger partial charge in [0.15, 0.2) is 5.96 Å². The first-order valence-electron chi connectivity index (χ1n) is 10.8. The van der Waals surface area contributed by atoms with Gasteiger partial charge in [-0.15, -0.1) is 0 Å². The maximum atomic E-state index is 6.13. The zero-order chi connectivity index (χ0) is 18.9. The van der Waals surface area contributed by atoms with Crippen molar-refractivity contribution >= 4 is 5.96 Å². The summed E-state index contributed by atoms with van der Waals surface area (Å²) in [7, 11) is 0. The highest BCUT2D eigenvalue weighted by atomic mass is 16.5. The molecule has 0 aliphatic carbocycles. The minimum atomic E-state index is 0.309. The minimum Gasteiger partial charge on any atom is -0.490 e. The van der Waals surface area contributed by atoms with E-state index in [2.05, 4.69) is 29.0 Å². The second-order valence-corrected chi connectivity index (χ2v) is 7.77. The summed E-state index contributed by atoms with van der Waals surface area (Å²) in [5, 5.41) is 3.50. The minimum absolute atomic E-state index is 0.309. The summed E-state index contributed by atoms with van der Waals surface area (Å²) in [5.41, 5.74) is 0. The molecule has 0 bridgehead atoms. The molecular weight excluding hydrogens is 336 g/mol. The van der Waals surface area contributed by atoms with Crippen molar-refractivity contribution in [3.8, 4) is 5.75 Å². The van der Waals surface area contributed by atoms with Crippen molar-refractivity contribution in [2.75, 3.05) is 45.8 Å². The first-order chi connectivity index (χ1) is 13.3. The molecule has 5 nitrogen and oxygen atoms in total. The summed E-state index contributed by atoms with van der Waals surface area (Å²) < 4.78 is 6.13. The van der Waals surface area contributed by atoms with Crippen LogP contribution in [-0.2, 0) is 0 Å². The Hall–Kier alpha value is -1.75. The van der Waals surface area contributed by atoms with Gasteiger partial charge in [-0.25, -0.2) is 0 Å². The van der Waals surface area contributed by atoms with E-state index >= 15 is 0 Å². The maximum Gasteiger partial charge on any atom is 0.193 e.